The van der Waals surface area contributed by atoms with Gasteiger partial charge >= 0.3 is 0 Å². The van der Waals surface area contributed by atoms with Crippen molar-refractivity contribution in [3.05, 3.63) is 74.6 Å². The summed E-state index contributed by atoms with van der Waals surface area (Å²) in [5.41, 5.74) is 2.22. The summed E-state index contributed by atoms with van der Waals surface area (Å²) in [5.74, 6) is 0.434. The maximum atomic E-state index is 13.2. The molecule has 1 amide bonds. The number of thiophene rings is 1. The number of anilines is 1. The molecule has 0 bridgehead atoms. The Bertz CT molecular complexity index is 1290. The molecule has 6 nitrogen and oxygen atoms in total. The number of halogens is 1. The highest BCUT2D eigenvalue weighted by Gasteiger charge is 2.18. The summed E-state index contributed by atoms with van der Waals surface area (Å²) < 4.78 is 7.72. The van der Waals surface area contributed by atoms with Crippen LogP contribution >= 0.6 is 27.3 Å². The molecule has 0 spiro atoms. The molecule has 0 saturated heterocycles. The van der Waals surface area contributed by atoms with Crippen molar-refractivity contribution in [2.45, 2.75) is 20.4 Å². The minimum atomic E-state index is -0.301. The quantitative estimate of drug-likeness (QED) is 0.395. The largest absolute Gasteiger partial charge is 0.494 e. The Balaban J connectivity index is 1.62. The number of aryl methyl sites for hydroxylation is 1. The number of hydrogen-bond acceptors (Lipinski definition) is 5. The number of ether oxygens (including phenoxy) is 1. The fourth-order valence-corrected chi connectivity index (χ4v) is 4.64. The summed E-state index contributed by atoms with van der Waals surface area (Å²) in [4.78, 5) is 31.9. The van der Waals surface area contributed by atoms with Crippen molar-refractivity contribution in [1.29, 1.82) is 0 Å². The van der Waals surface area contributed by atoms with Gasteiger partial charge in [0.2, 0.25) is 5.91 Å². The zero-order valence-corrected chi connectivity index (χ0v) is 19.4. The van der Waals surface area contributed by atoms with E-state index in [-0.39, 0.29) is 18.0 Å². The zero-order chi connectivity index (χ0) is 22.0. The van der Waals surface area contributed by atoms with E-state index < -0.39 is 0 Å². The molecule has 2 aromatic heterocycles. The van der Waals surface area contributed by atoms with Crippen LogP contribution in [0.25, 0.3) is 21.3 Å². The molecule has 31 heavy (non-hydrogen) atoms. The van der Waals surface area contributed by atoms with Gasteiger partial charge in [-0.1, -0.05) is 28.1 Å². The smallest absolute Gasteiger partial charge is 0.263 e. The van der Waals surface area contributed by atoms with Crippen LogP contribution in [-0.4, -0.2) is 22.1 Å². The summed E-state index contributed by atoms with van der Waals surface area (Å²) in [7, 11) is 0. The van der Waals surface area contributed by atoms with Gasteiger partial charge in [0.05, 0.1) is 18.3 Å². The first kappa shape index (κ1) is 21.3. The lowest BCUT2D eigenvalue weighted by molar-refractivity contribution is -0.116. The molecule has 0 fully saturated rings. The first-order chi connectivity index (χ1) is 15.0. The van der Waals surface area contributed by atoms with Crippen LogP contribution in [0.5, 0.6) is 5.75 Å². The topological polar surface area (TPSA) is 73.2 Å². The van der Waals surface area contributed by atoms with Crippen LogP contribution in [0.3, 0.4) is 0 Å². The zero-order valence-electron chi connectivity index (χ0n) is 17.0. The number of carbonyl (C=O) groups excluding carboxylic acids is 1. The Morgan fingerprint density at radius 3 is 2.55 bits per heavy atom. The molecule has 0 aliphatic rings. The van der Waals surface area contributed by atoms with Crippen LogP contribution in [0.4, 0.5) is 5.69 Å². The summed E-state index contributed by atoms with van der Waals surface area (Å²) in [6, 6.07) is 14.9. The Morgan fingerprint density at radius 1 is 1.16 bits per heavy atom. The summed E-state index contributed by atoms with van der Waals surface area (Å²) >= 11 is 4.92. The molecule has 2 aromatic carbocycles. The number of benzene rings is 2. The average Bonchev–Trinajstić information content (AvgIpc) is 3.09. The van der Waals surface area contributed by atoms with Gasteiger partial charge < -0.3 is 10.1 Å². The minimum absolute atomic E-state index is 0.121. The van der Waals surface area contributed by atoms with Crippen LogP contribution in [0, 0.1) is 6.92 Å². The van der Waals surface area contributed by atoms with E-state index in [1.165, 1.54) is 22.2 Å². The summed E-state index contributed by atoms with van der Waals surface area (Å²) in [6.45, 7) is 4.35. The highest BCUT2D eigenvalue weighted by atomic mass is 79.9. The Hall–Kier alpha value is -2.97. The van der Waals surface area contributed by atoms with E-state index in [9.17, 15) is 9.59 Å². The predicted octanol–water partition coefficient (Wildman–Crippen LogP) is 5.23. The van der Waals surface area contributed by atoms with E-state index in [2.05, 4.69) is 26.2 Å². The molecule has 4 aromatic rings. The number of hydrogen-bond donors (Lipinski definition) is 1. The van der Waals surface area contributed by atoms with E-state index in [4.69, 9.17) is 4.74 Å². The van der Waals surface area contributed by atoms with Crippen molar-refractivity contribution in [2.24, 2.45) is 0 Å². The Labute approximate surface area is 191 Å². The maximum Gasteiger partial charge on any atom is 0.263 e. The molecule has 4 rings (SSSR count). The highest BCUT2D eigenvalue weighted by Crippen LogP contribution is 2.35. The fraction of sp³-hybridized carbons (Fsp3) is 0.174. The molecule has 0 saturated carbocycles. The van der Waals surface area contributed by atoms with E-state index in [0.29, 0.717) is 22.5 Å². The highest BCUT2D eigenvalue weighted by molar-refractivity contribution is 9.10. The SMILES string of the molecule is CCOc1ccc(NC(=O)Cn2cnc3sc(C)c(-c4ccc(Br)cc4)c3c2=O)cc1. The third-order valence-electron chi connectivity index (χ3n) is 4.75. The van der Waals surface area contributed by atoms with Gasteiger partial charge in [0.15, 0.2) is 0 Å². The molecule has 0 aliphatic heterocycles. The fourth-order valence-electron chi connectivity index (χ4n) is 3.37. The number of rotatable bonds is 6. The van der Waals surface area contributed by atoms with Gasteiger partial charge in [-0.15, -0.1) is 11.3 Å². The molecule has 2 heterocycles. The van der Waals surface area contributed by atoms with Crippen molar-refractivity contribution in [3.8, 4) is 16.9 Å². The third-order valence-corrected chi connectivity index (χ3v) is 6.29. The molecule has 0 radical (unpaired) electrons. The van der Waals surface area contributed by atoms with Crippen LogP contribution in [-0.2, 0) is 11.3 Å². The summed E-state index contributed by atoms with van der Waals surface area (Å²) in [5, 5.41) is 3.35. The van der Waals surface area contributed by atoms with Crippen molar-refractivity contribution in [1.82, 2.24) is 9.55 Å². The van der Waals surface area contributed by atoms with Crippen molar-refractivity contribution >= 4 is 49.1 Å². The second-order valence-corrected chi connectivity index (χ2v) is 9.02. The van der Waals surface area contributed by atoms with Crippen molar-refractivity contribution in [3.63, 3.8) is 0 Å². The Kier molecular flexibility index (Phi) is 6.20. The second-order valence-electron chi connectivity index (χ2n) is 6.90. The van der Waals surface area contributed by atoms with Gasteiger partial charge in [-0.25, -0.2) is 4.98 Å². The molecule has 1 N–H and O–H groups in total. The lowest BCUT2D eigenvalue weighted by Crippen LogP contribution is -2.27. The number of amides is 1. The maximum absolute atomic E-state index is 13.2. The normalized spacial score (nSPS) is 10.9. The monoisotopic (exact) mass is 497 g/mol. The van der Waals surface area contributed by atoms with Gasteiger partial charge in [-0.05, 0) is 55.8 Å². The predicted molar refractivity (Wildman–Crippen MR) is 128 cm³/mol. The third kappa shape index (κ3) is 4.55. The number of aromatic nitrogens is 2. The molecule has 8 heteroatoms. The summed E-state index contributed by atoms with van der Waals surface area (Å²) in [6.07, 6.45) is 1.43. The van der Waals surface area contributed by atoms with Crippen molar-refractivity contribution < 1.29 is 9.53 Å². The van der Waals surface area contributed by atoms with Gasteiger partial charge in [0.25, 0.3) is 5.56 Å². The molecule has 0 unspecified atom stereocenters. The lowest BCUT2D eigenvalue weighted by Gasteiger charge is -2.09. The minimum Gasteiger partial charge on any atom is -0.494 e. The van der Waals surface area contributed by atoms with Crippen LogP contribution in [0.2, 0.25) is 0 Å². The number of fused-ring (bicyclic) bond motifs is 1. The first-order valence-corrected chi connectivity index (χ1v) is 11.3. The van der Waals surface area contributed by atoms with E-state index in [1.807, 2.05) is 38.1 Å². The second kappa shape index (κ2) is 9.03. The average molecular weight is 498 g/mol. The number of nitrogens with zero attached hydrogens (tertiary/aromatic N) is 2. The lowest BCUT2D eigenvalue weighted by atomic mass is 10.0. The first-order valence-electron chi connectivity index (χ1n) is 9.73. The van der Waals surface area contributed by atoms with E-state index in [0.717, 1.165) is 26.2 Å². The standard InChI is InChI=1S/C23H20BrN3O3S/c1-3-30-18-10-8-17(9-11-18)26-19(28)12-27-13-25-22-21(23(27)29)20(14(2)31-22)15-4-6-16(24)7-5-15/h4-11,13H,3,12H2,1-2H3,(H,26,28). The van der Waals surface area contributed by atoms with Crippen LogP contribution in [0.1, 0.15) is 11.8 Å². The van der Waals surface area contributed by atoms with Gasteiger partial charge in [0.1, 0.15) is 17.1 Å². The van der Waals surface area contributed by atoms with Crippen LogP contribution < -0.4 is 15.6 Å². The van der Waals surface area contributed by atoms with Crippen LogP contribution in [0.15, 0.2) is 64.1 Å². The van der Waals surface area contributed by atoms with E-state index in [1.54, 1.807) is 24.3 Å². The molecule has 0 atom stereocenters. The van der Waals surface area contributed by atoms with Gasteiger partial charge in [-0.2, -0.15) is 0 Å². The van der Waals surface area contributed by atoms with Gasteiger partial charge in [0, 0.05) is 20.6 Å². The molecular weight excluding hydrogens is 478 g/mol. The van der Waals surface area contributed by atoms with Gasteiger partial charge in [-0.3, -0.25) is 14.2 Å². The Morgan fingerprint density at radius 2 is 1.87 bits per heavy atom. The molecular formula is C23H20BrN3O3S. The molecule has 0 aliphatic carbocycles. The number of carbonyl (C=O) groups is 1. The number of nitrogens with one attached hydrogen (secondary N) is 1. The molecule has 158 valence electrons. The van der Waals surface area contributed by atoms with E-state index >= 15 is 0 Å². The van der Waals surface area contributed by atoms with Crippen molar-refractivity contribution in [2.75, 3.05) is 11.9 Å².